The molecule has 1 aromatic carbocycles. The zero-order chi connectivity index (χ0) is 20.6. The van der Waals surface area contributed by atoms with Gasteiger partial charge in [-0.1, -0.05) is 18.2 Å². The van der Waals surface area contributed by atoms with Gasteiger partial charge in [0.2, 0.25) is 0 Å². The van der Waals surface area contributed by atoms with Crippen LogP contribution in [0.3, 0.4) is 0 Å². The molecule has 0 unspecified atom stereocenters. The number of aliphatic hydroxyl groups excluding tert-OH is 1. The average molecular weight is 386 g/mol. The predicted octanol–water partition coefficient (Wildman–Crippen LogP) is 2.76. The summed E-state index contributed by atoms with van der Waals surface area (Å²) in [4.78, 5) is 28.7. The van der Waals surface area contributed by atoms with Crippen LogP contribution in [0.25, 0.3) is 0 Å². The van der Waals surface area contributed by atoms with Gasteiger partial charge in [0.25, 0.3) is 5.91 Å². The van der Waals surface area contributed by atoms with Gasteiger partial charge in [-0.25, -0.2) is 4.79 Å². The van der Waals surface area contributed by atoms with Gasteiger partial charge in [0.1, 0.15) is 11.3 Å². The minimum Gasteiger partial charge on any atom is -0.444 e. The van der Waals surface area contributed by atoms with Crippen LogP contribution in [0.4, 0.5) is 16.2 Å². The van der Waals surface area contributed by atoms with Crippen molar-refractivity contribution in [1.82, 2.24) is 10.3 Å². The van der Waals surface area contributed by atoms with Crippen LogP contribution in [0.5, 0.6) is 0 Å². The first-order valence-electron chi connectivity index (χ1n) is 8.95. The Balaban J connectivity index is 2.03. The highest BCUT2D eigenvalue weighted by Gasteiger charge is 2.18. The summed E-state index contributed by atoms with van der Waals surface area (Å²) in [5, 5.41) is 17.2. The molecular weight excluding hydrogens is 360 g/mol. The van der Waals surface area contributed by atoms with E-state index in [0.29, 0.717) is 24.5 Å². The van der Waals surface area contributed by atoms with Crippen molar-refractivity contribution in [3.8, 4) is 0 Å². The highest BCUT2D eigenvalue weighted by atomic mass is 16.6. The van der Waals surface area contributed by atoms with Crippen molar-refractivity contribution in [2.75, 3.05) is 23.8 Å². The summed E-state index contributed by atoms with van der Waals surface area (Å²) in [6.45, 7) is 6.42. The van der Waals surface area contributed by atoms with Gasteiger partial charge in [0.15, 0.2) is 0 Å². The number of carbonyl (C=O) groups excluding carboxylic acids is 2. The summed E-state index contributed by atoms with van der Waals surface area (Å²) in [6.07, 6.45) is 0.997. The first-order chi connectivity index (χ1) is 13.3. The van der Waals surface area contributed by atoms with E-state index < -0.39 is 17.6 Å². The Hall–Kier alpha value is -2.97. The van der Waals surface area contributed by atoms with Gasteiger partial charge in [0, 0.05) is 19.3 Å². The highest BCUT2D eigenvalue weighted by Crippen LogP contribution is 2.22. The quantitative estimate of drug-likeness (QED) is 0.544. The Morgan fingerprint density at radius 2 is 1.75 bits per heavy atom. The monoisotopic (exact) mass is 386 g/mol. The molecule has 2 amide bonds. The molecule has 2 aromatic rings. The zero-order valence-electron chi connectivity index (χ0n) is 16.3. The number of ether oxygens (including phenoxy) is 1. The molecule has 0 saturated carbocycles. The van der Waals surface area contributed by atoms with Crippen molar-refractivity contribution in [3.05, 3.63) is 53.9 Å². The summed E-state index contributed by atoms with van der Waals surface area (Å²) in [5.74, 6) is -0.395. The van der Waals surface area contributed by atoms with Gasteiger partial charge in [-0.3, -0.25) is 15.1 Å². The SMILES string of the molecule is CC(C)(C)OC(=O)Nc1ccccc1NC(=O)c1ccc(CNCCO)cn1. The fourth-order valence-electron chi connectivity index (χ4n) is 2.28. The fraction of sp³-hybridized carbons (Fsp3) is 0.350. The first kappa shape index (κ1) is 21.3. The maximum absolute atomic E-state index is 12.5. The van der Waals surface area contributed by atoms with E-state index in [2.05, 4.69) is 20.9 Å². The third-order valence-corrected chi connectivity index (χ3v) is 3.49. The lowest BCUT2D eigenvalue weighted by Gasteiger charge is -2.20. The minimum atomic E-state index is -0.625. The third-order valence-electron chi connectivity index (χ3n) is 3.49. The maximum Gasteiger partial charge on any atom is 0.412 e. The van der Waals surface area contributed by atoms with Crippen LogP contribution in [-0.2, 0) is 11.3 Å². The van der Waals surface area contributed by atoms with Crippen LogP contribution in [0.2, 0.25) is 0 Å². The highest BCUT2D eigenvalue weighted by molar-refractivity contribution is 6.05. The van der Waals surface area contributed by atoms with Gasteiger partial charge in [0.05, 0.1) is 18.0 Å². The normalized spacial score (nSPS) is 11.0. The number of para-hydroxylation sites is 2. The largest absolute Gasteiger partial charge is 0.444 e. The Morgan fingerprint density at radius 1 is 1.07 bits per heavy atom. The molecule has 1 heterocycles. The number of rotatable bonds is 7. The van der Waals surface area contributed by atoms with E-state index in [1.54, 1.807) is 63.4 Å². The van der Waals surface area contributed by atoms with E-state index >= 15 is 0 Å². The van der Waals surface area contributed by atoms with Crippen LogP contribution in [0, 0.1) is 0 Å². The van der Waals surface area contributed by atoms with Crippen LogP contribution < -0.4 is 16.0 Å². The van der Waals surface area contributed by atoms with Gasteiger partial charge in [-0.2, -0.15) is 0 Å². The van der Waals surface area contributed by atoms with E-state index in [1.165, 1.54) is 0 Å². The molecular formula is C20H26N4O4. The number of nitrogens with one attached hydrogen (secondary N) is 3. The lowest BCUT2D eigenvalue weighted by atomic mass is 10.2. The number of aliphatic hydroxyl groups is 1. The van der Waals surface area contributed by atoms with Crippen molar-refractivity contribution >= 4 is 23.4 Å². The van der Waals surface area contributed by atoms with Crippen molar-refractivity contribution < 1.29 is 19.4 Å². The lowest BCUT2D eigenvalue weighted by molar-refractivity contribution is 0.0635. The van der Waals surface area contributed by atoms with E-state index in [0.717, 1.165) is 5.56 Å². The number of benzene rings is 1. The van der Waals surface area contributed by atoms with Crippen LogP contribution in [0.1, 0.15) is 36.8 Å². The number of amides is 2. The van der Waals surface area contributed by atoms with Crippen LogP contribution >= 0.6 is 0 Å². The first-order valence-corrected chi connectivity index (χ1v) is 8.95. The van der Waals surface area contributed by atoms with Crippen molar-refractivity contribution in [3.63, 3.8) is 0 Å². The molecule has 150 valence electrons. The molecule has 0 fully saturated rings. The number of hydrogen-bond donors (Lipinski definition) is 4. The van der Waals surface area contributed by atoms with E-state index in [-0.39, 0.29) is 12.3 Å². The molecule has 28 heavy (non-hydrogen) atoms. The average Bonchev–Trinajstić information content (AvgIpc) is 2.62. The van der Waals surface area contributed by atoms with Crippen molar-refractivity contribution in [1.29, 1.82) is 0 Å². The van der Waals surface area contributed by atoms with Gasteiger partial charge >= 0.3 is 6.09 Å². The molecule has 0 aliphatic heterocycles. The Kier molecular flexibility index (Phi) is 7.48. The zero-order valence-corrected chi connectivity index (χ0v) is 16.3. The molecule has 0 spiro atoms. The van der Waals surface area contributed by atoms with Gasteiger partial charge in [-0.05, 0) is 44.5 Å². The molecule has 0 aliphatic carbocycles. The van der Waals surface area contributed by atoms with Crippen molar-refractivity contribution in [2.45, 2.75) is 32.9 Å². The smallest absolute Gasteiger partial charge is 0.412 e. The standard InChI is InChI=1S/C20H26N4O4/c1-20(2,3)28-19(27)24-16-7-5-4-6-15(16)23-18(26)17-9-8-14(13-22-17)12-21-10-11-25/h4-9,13,21,25H,10-12H2,1-3H3,(H,23,26)(H,24,27). The summed E-state index contributed by atoms with van der Waals surface area (Å²) in [6, 6.07) is 10.3. The van der Waals surface area contributed by atoms with Gasteiger partial charge in [-0.15, -0.1) is 0 Å². The summed E-state index contributed by atoms with van der Waals surface area (Å²) in [5.41, 5.74) is 1.39. The summed E-state index contributed by atoms with van der Waals surface area (Å²) in [7, 11) is 0. The molecule has 8 heteroatoms. The van der Waals surface area contributed by atoms with E-state index in [1.807, 2.05) is 0 Å². The molecule has 1 aromatic heterocycles. The number of aromatic nitrogens is 1. The maximum atomic E-state index is 12.5. The van der Waals surface area contributed by atoms with Crippen LogP contribution in [-0.4, -0.2) is 40.8 Å². The molecule has 0 bridgehead atoms. The topological polar surface area (TPSA) is 113 Å². The second-order valence-electron chi connectivity index (χ2n) is 7.08. The minimum absolute atomic E-state index is 0.0602. The number of nitrogens with zero attached hydrogens (tertiary/aromatic N) is 1. The molecule has 2 rings (SSSR count). The van der Waals surface area contributed by atoms with Crippen LogP contribution in [0.15, 0.2) is 42.6 Å². The Morgan fingerprint density at radius 3 is 2.32 bits per heavy atom. The second kappa shape index (κ2) is 9.82. The van der Waals surface area contributed by atoms with Gasteiger partial charge < -0.3 is 20.5 Å². The molecule has 0 saturated heterocycles. The van der Waals surface area contributed by atoms with E-state index in [9.17, 15) is 9.59 Å². The molecule has 0 radical (unpaired) electrons. The number of anilines is 2. The summed E-state index contributed by atoms with van der Waals surface area (Å²) >= 11 is 0. The van der Waals surface area contributed by atoms with Crippen molar-refractivity contribution in [2.24, 2.45) is 0 Å². The fourth-order valence-corrected chi connectivity index (χ4v) is 2.28. The molecule has 8 nitrogen and oxygen atoms in total. The molecule has 0 aliphatic rings. The number of hydrogen-bond acceptors (Lipinski definition) is 6. The molecule has 4 N–H and O–H groups in total. The predicted molar refractivity (Wildman–Crippen MR) is 107 cm³/mol. The lowest BCUT2D eigenvalue weighted by Crippen LogP contribution is -2.27. The second-order valence-corrected chi connectivity index (χ2v) is 7.08. The van der Waals surface area contributed by atoms with E-state index in [4.69, 9.17) is 9.84 Å². The summed E-state index contributed by atoms with van der Waals surface area (Å²) < 4.78 is 5.24. The third kappa shape index (κ3) is 6.98. The molecule has 0 atom stereocenters. The Labute approximate surface area is 164 Å². The number of pyridine rings is 1. The Bertz CT molecular complexity index is 801. The number of carbonyl (C=O) groups is 2.